The van der Waals surface area contributed by atoms with E-state index in [0.29, 0.717) is 11.5 Å². The summed E-state index contributed by atoms with van der Waals surface area (Å²) in [5.74, 6) is 0. The van der Waals surface area contributed by atoms with Gasteiger partial charge in [0.2, 0.25) is 0 Å². The zero-order valence-electron chi connectivity index (χ0n) is 9.14. The Hall–Kier alpha value is -0.120. The summed E-state index contributed by atoms with van der Waals surface area (Å²) in [5.41, 5.74) is 0.473. The molecule has 0 saturated carbocycles. The predicted molar refractivity (Wildman–Crippen MR) is 57.4 cm³/mol. The Bertz CT molecular complexity index is 172. The largest absolute Gasteiger partial charge is 0.381 e. The minimum atomic E-state index is 0.473. The summed E-state index contributed by atoms with van der Waals surface area (Å²) >= 11 is 0. The third-order valence-electron chi connectivity index (χ3n) is 3.58. The molecule has 1 atom stereocenters. The first-order chi connectivity index (χ1) is 6.79. The normalized spacial score (nSPS) is 31.9. The first-order valence-corrected chi connectivity index (χ1v) is 5.80. The van der Waals surface area contributed by atoms with Crippen molar-refractivity contribution in [3.63, 3.8) is 0 Å². The average Bonchev–Trinajstić information content (AvgIpc) is 2.69. The zero-order chi connectivity index (χ0) is 9.86. The van der Waals surface area contributed by atoms with Crippen LogP contribution in [0.4, 0.5) is 0 Å². The average molecular weight is 198 g/mol. The minimum Gasteiger partial charge on any atom is -0.381 e. The Morgan fingerprint density at radius 3 is 2.86 bits per heavy atom. The van der Waals surface area contributed by atoms with E-state index in [1.165, 1.54) is 25.8 Å². The fraction of sp³-hybridized carbons (Fsp3) is 1.00. The van der Waals surface area contributed by atoms with Crippen LogP contribution in [0.1, 0.15) is 26.2 Å². The second kappa shape index (κ2) is 4.60. The molecule has 0 radical (unpaired) electrons. The Morgan fingerprint density at radius 1 is 1.43 bits per heavy atom. The van der Waals surface area contributed by atoms with E-state index in [2.05, 4.69) is 17.6 Å². The summed E-state index contributed by atoms with van der Waals surface area (Å²) < 4.78 is 5.40. The molecule has 1 unspecified atom stereocenters. The van der Waals surface area contributed by atoms with Crippen LogP contribution in [0.25, 0.3) is 0 Å². The van der Waals surface area contributed by atoms with E-state index < -0.39 is 0 Å². The van der Waals surface area contributed by atoms with Gasteiger partial charge >= 0.3 is 0 Å². The van der Waals surface area contributed by atoms with E-state index in [-0.39, 0.29) is 0 Å². The van der Waals surface area contributed by atoms with Gasteiger partial charge in [0.1, 0.15) is 0 Å². The molecule has 0 amide bonds. The third kappa shape index (κ3) is 2.69. The van der Waals surface area contributed by atoms with E-state index in [9.17, 15) is 0 Å². The van der Waals surface area contributed by atoms with Gasteiger partial charge in [0.25, 0.3) is 0 Å². The van der Waals surface area contributed by atoms with Gasteiger partial charge in [0, 0.05) is 32.3 Å². The van der Waals surface area contributed by atoms with Gasteiger partial charge in [0.05, 0.1) is 0 Å². The molecule has 0 aromatic heterocycles. The lowest BCUT2D eigenvalue weighted by atomic mass is 9.82. The van der Waals surface area contributed by atoms with Gasteiger partial charge in [-0.2, -0.15) is 0 Å². The van der Waals surface area contributed by atoms with E-state index in [0.717, 1.165) is 26.3 Å². The van der Waals surface area contributed by atoms with Crippen molar-refractivity contribution in [3.05, 3.63) is 0 Å². The fourth-order valence-corrected chi connectivity index (χ4v) is 2.26. The summed E-state index contributed by atoms with van der Waals surface area (Å²) in [6, 6.07) is 0.703. The second-order valence-electron chi connectivity index (χ2n) is 4.99. The zero-order valence-corrected chi connectivity index (χ0v) is 9.14. The van der Waals surface area contributed by atoms with Crippen LogP contribution in [0.2, 0.25) is 0 Å². The van der Waals surface area contributed by atoms with Gasteiger partial charge in [-0.15, -0.1) is 0 Å². The first-order valence-electron chi connectivity index (χ1n) is 5.80. The molecule has 14 heavy (non-hydrogen) atoms. The van der Waals surface area contributed by atoms with Gasteiger partial charge in [-0.05, 0) is 31.2 Å². The van der Waals surface area contributed by atoms with Gasteiger partial charge in [-0.1, -0.05) is 6.92 Å². The molecule has 2 rings (SSSR count). The number of hydrogen-bond acceptors (Lipinski definition) is 3. The van der Waals surface area contributed by atoms with Crippen LogP contribution in [-0.4, -0.2) is 38.9 Å². The molecule has 2 fully saturated rings. The Kier molecular flexibility index (Phi) is 3.42. The summed E-state index contributed by atoms with van der Waals surface area (Å²) in [6.07, 6.45) is 3.70. The van der Waals surface area contributed by atoms with Crippen molar-refractivity contribution in [2.75, 3.05) is 32.8 Å². The first kappa shape index (κ1) is 10.4. The topological polar surface area (TPSA) is 33.3 Å². The van der Waals surface area contributed by atoms with E-state index in [4.69, 9.17) is 4.74 Å². The SMILES string of the molecule is CC1(CNC2CCNC2)CCOCC1. The van der Waals surface area contributed by atoms with Crippen LogP contribution >= 0.6 is 0 Å². The molecule has 0 aromatic carbocycles. The number of nitrogens with one attached hydrogen (secondary N) is 2. The monoisotopic (exact) mass is 198 g/mol. The minimum absolute atomic E-state index is 0.473. The molecule has 2 heterocycles. The van der Waals surface area contributed by atoms with Crippen molar-refractivity contribution >= 4 is 0 Å². The summed E-state index contributed by atoms with van der Waals surface area (Å²) in [4.78, 5) is 0. The molecular weight excluding hydrogens is 176 g/mol. The number of rotatable bonds is 3. The number of ether oxygens (including phenoxy) is 1. The Balaban J connectivity index is 1.72. The summed E-state index contributed by atoms with van der Waals surface area (Å²) in [7, 11) is 0. The molecule has 0 aliphatic carbocycles. The van der Waals surface area contributed by atoms with Crippen LogP contribution < -0.4 is 10.6 Å². The molecule has 0 bridgehead atoms. The smallest absolute Gasteiger partial charge is 0.0471 e. The molecule has 0 aromatic rings. The Labute approximate surface area is 86.6 Å². The highest BCUT2D eigenvalue weighted by Gasteiger charge is 2.28. The van der Waals surface area contributed by atoms with Gasteiger partial charge in [0.15, 0.2) is 0 Å². The maximum absolute atomic E-state index is 5.40. The highest BCUT2D eigenvalue weighted by molar-refractivity contribution is 4.84. The highest BCUT2D eigenvalue weighted by atomic mass is 16.5. The van der Waals surface area contributed by atoms with Crippen molar-refractivity contribution < 1.29 is 4.74 Å². The quantitative estimate of drug-likeness (QED) is 0.702. The standard InChI is InChI=1S/C11H22N2O/c1-11(3-6-14-7-4-11)9-13-10-2-5-12-8-10/h10,12-13H,2-9H2,1H3. The maximum Gasteiger partial charge on any atom is 0.0471 e. The highest BCUT2D eigenvalue weighted by Crippen LogP contribution is 2.28. The van der Waals surface area contributed by atoms with E-state index in [1.54, 1.807) is 0 Å². The maximum atomic E-state index is 5.40. The molecule has 2 N–H and O–H groups in total. The lowest BCUT2D eigenvalue weighted by molar-refractivity contribution is 0.0231. The van der Waals surface area contributed by atoms with E-state index in [1.807, 2.05) is 0 Å². The predicted octanol–water partition coefficient (Wildman–Crippen LogP) is 0.755. The van der Waals surface area contributed by atoms with Crippen molar-refractivity contribution in [3.8, 4) is 0 Å². The lowest BCUT2D eigenvalue weighted by Crippen LogP contribution is -2.42. The molecule has 0 spiro atoms. The fourth-order valence-electron chi connectivity index (χ4n) is 2.26. The van der Waals surface area contributed by atoms with Crippen LogP contribution in [0.15, 0.2) is 0 Å². The third-order valence-corrected chi connectivity index (χ3v) is 3.58. The molecular formula is C11H22N2O. The number of hydrogen-bond donors (Lipinski definition) is 2. The van der Waals surface area contributed by atoms with Gasteiger partial charge in [-0.25, -0.2) is 0 Å². The Morgan fingerprint density at radius 2 is 2.21 bits per heavy atom. The molecule has 2 saturated heterocycles. The molecule has 2 aliphatic rings. The van der Waals surface area contributed by atoms with Crippen LogP contribution in [0.3, 0.4) is 0 Å². The van der Waals surface area contributed by atoms with Crippen LogP contribution in [0, 0.1) is 5.41 Å². The molecule has 3 heteroatoms. The second-order valence-corrected chi connectivity index (χ2v) is 4.99. The van der Waals surface area contributed by atoms with Crippen LogP contribution in [0.5, 0.6) is 0 Å². The molecule has 2 aliphatic heterocycles. The molecule has 82 valence electrons. The van der Waals surface area contributed by atoms with Crippen molar-refractivity contribution in [2.24, 2.45) is 5.41 Å². The van der Waals surface area contributed by atoms with Crippen LogP contribution in [-0.2, 0) is 4.74 Å². The van der Waals surface area contributed by atoms with Crippen molar-refractivity contribution in [1.82, 2.24) is 10.6 Å². The van der Waals surface area contributed by atoms with Gasteiger partial charge in [-0.3, -0.25) is 0 Å². The summed E-state index contributed by atoms with van der Waals surface area (Å²) in [5, 5.41) is 7.06. The molecule has 3 nitrogen and oxygen atoms in total. The summed E-state index contributed by atoms with van der Waals surface area (Å²) in [6.45, 7) is 7.75. The van der Waals surface area contributed by atoms with Crippen molar-refractivity contribution in [2.45, 2.75) is 32.2 Å². The lowest BCUT2D eigenvalue weighted by Gasteiger charge is -2.34. The van der Waals surface area contributed by atoms with Crippen molar-refractivity contribution in [1.29, 1.82) is 0 Å². The van der Waals surface area contributed by atoms with E-state index >= 15 is 0 Å². The van der Waals surface area contributed by atoms with Gasteiger partial charge < -0.3 is 15.4 Å².